The molecule has 28 heavy (non-hydrogen) atoms. The maximum absolute atomic E-state index is 14.2. The smallest absolute Gasteiger partial charge is 0.278 e. The van der Waals surface area contributed by atoms with Crippen LogP contribution in [0.3, 0.4) is 0 Å². The Morgan fingerprint density at radius 2 is 1.71 bits per heavy atom. The molecule has 1 heterocycles. The fourth-order valence-corrected chi connectivity index (χ4v) is 2.31. The van der Waals surface area contributed by atoms with Crippen LogP contribution in [0, 0.1) is 36.0 Å². The fourth-order valence-electron chi connectivity index (χ4n) is 2.31. The molecule has 0 atom stereocenters. The lowest BCUT2D eigenvalue weighted by Gasteiger charge is -2.13. The number of halogens is 5. The molecule has 1 aromatic heterocycles. The second-order valence-corrected chi connectivity index (χ2v) is 5.64. The van der Waals surface area contributed by atoms with Gasteiger partial charge in [0.2, 0.25) is 0 Å². The zero-order chi connectivity index (χ0) is 20.4. The molecule has 1 amide bonds. The molecule has 2 aromatic carbocycles. The van der Waals surface area contributed by atoms with Gasteiger partial charge < -0.3 is 10.1 Å². The van der Waals surface area contributed by atoms with Crippen molar-refractivity contribution in [3.63, 3.8) is 0 Å². The number of benzene rings is 2. The number of aromatic nitrogens is 1. The quantitative estimate of drug-likeness (QED) is 0.493. The van der Waals surface area contributed by atoms with Crippen molar-refractivity contribution in [1.29, 1.82) is 0 Å². The number of nitrogens with zero attached hydrogens (tertiary/aromatic N) is 1. The minimum absolute atomic E-state index is 0.285. The molecule has 4 nitrogen and oxygen atoms in total. The first kappa shape index (κ1) is 19.3. The van der Waals surface area contributed by atoms with Gasteiger partial charge in [0.15, 0.2) is 34.6 Å². The largest absolute Gasteiger partial charge is 0.452 e. The van der Waals surface area contributed by atoms with Gasteiger partial charge in [0.05, 0.1) is 5.69 Å². The van der Waals surface area contributed by atoms with Crippen molar-refractivity contribution in [2.45, 2.75) is 6.92 Å². The second-order valence-electron chi connectivity index (χ2n) is 5.64. The lowest BCUT2D eigenvalue weighted by molar-refractivity contribution is 0.101. The Hall–Kier alpha value is -3.49. The SMILES string of the molecule is Cc1c(F)c(F)cc(Oc2cccnc2C(=O)Nc2ccc(F)cc2F)c1F. The molecule has 0 aliphatic carbocycles. The lowest BCUT2D eigenvalue weighted by Crippen LogP contribution is -2.16. The van der Waals surface area contributed by atoms with Crippen LogP contribution in [0.4, 0.5) is 27.6 Å². The van der Waals surface area contributed by atoms with Gasteiger partial charge in [0.1, 0.15) is 11.6 Å². The van der Waals surface area contributed by atoms with E-state index >= 15 is 0 Å². The molecule has 0 fully saturated rings. The summed E-state index contributed by atoms with van der Waals surface area (Å²) in [5.41, 5.74) is -1.30. The Kier molecular flexibility index (Phi) is 5.25. The Balaban J connectivity index is 1.93. The van der Waals surface area contributed by atoms with Gasteiger partial charge in [0.25, 0.3) is 5.91 Å². The van der Waals surface area contributed by atoms with Gasteiger partial charge >= 0.3 is 0 Å². The van der Waals surface area contributed by atoms with Crippen molar-refractivity contribution in [2.75, 3.05) is 5.32 Å². The lowest BCUT2D eigenvalue weighted by atomic mass is 10.2. The van der Waals surface area contributed by atoms with Gasteiger partial charge in [-0.2, -0.15) is 0 Å². The van der Waals surface area contributed by atoms with Gasteiger partial charge in [-0.3, -0.25) is 4.79 Å². The van der Waals surface area contributed by atoms with Crippen LogP contribution < -0.4 is 10.1 Å². The highest BCUT2D eigenvalue weighted by molar-refractivity contribution is 6.04. The number of rotatable bonds is 4. The third-order valence-corrected chi connectivity index (χ3v) is 3.73. The van der Waals surface area contributed by atoms with E-state index in [9.17, 15) is 26.7 Å². The van der Waals surface area contributed by atoms with Crippen LogP contribution in [-0.4, -0.2) is 10.9 Å². The number of ether oxygens (including phenoxy) is 1. The maximum atomic E-state index is 14.2. The standard InChI is InChI=1S/C19H11F5N2O2/c1-9-16(23)12(22)8-15(17(9)24)28-14-3-2-6-25-18(14)19(27)26-13-5-4-10(20)7-11(13)21/h2-8H,1H3,(H,26,27). The van der Waals surface area contributed by atoms with Gasteiger partial charge in [0, 0.05) is 23.9 Å². The molecule has 3 rings (SSSR count). The first-order valence-corrected chi connectivity index (χ1v) is 7.81. The predicted molar refractivity (Wildman–Crippen MR) is 89.7 cm³/mol. The molecule has 144 valence electrons. The molecular formula is C19H11F5N2O2. The van der Waals surface area contributed by atoms with Gasteiger partial charge in [-0.1, -0.05) is 0 Å². The van der Waals surface area contributed by atoms with E-state index in [2.05, 4.69) is 10.3 Å². The van der Waals surface area contributed by atoms with Crippen molar-refractivity contribution < 1.29 is 31.5 Å². The summed E-state index contributed by atoms with van der Waals surface area (Å²) in [4.78, 5) is 16.2. The van der Waals surface area contributed by atoms with E-state index in [4.69, 9.17) is 4.74 Å². The van der Waals surface area contributed by atoms with Crippen molar-refractivity contribution in [3.8, 4) is 11.5 Å². The van der Waals surface area contributed by atoms with Gasteiger partial charge in [-0.15, -0.1) is 0 Å². The monoisotopic (exact) mass is 394 g/mol. The van der Waals surface area contributed by atoms with Crippen LogP contribution in [0.5, 0.6) is 11.5 Å². The predicted octanol–water partition coefficient (Wildman–Crippen LogP) is 5.13. The number of hydrogen-bond acceptors (Lipinski definition) is 3. The van der Waals surface area contributed by atoms with E-state index in [1.165, 1.54) is 18.3 Å². The topological polar surface area (TPSA) is 51.2 Å². The average Bonchev–Trinajstić information content (AvgIpc) is 2.67. The molecule has 0 aliphatic rings. The molecule has 0 radical (unpaired) electrons. The summed E-state index contributed by atoms with van der Waals surface area (Å²) >= 11 is 0. The highest BCUT2D eigenvalue weighted by Crippen LogP contribution is 2.31. The van der Waals surface area contributed by atoms with Crippen LogP contribution in [0.2, 0.25) is 0 Å². The van der Waals surface area contributed by atoms with E-state index in [-0.39, 0.29) is 17.1 Å². The summed E-state index contributed by atoms with van der Waals surface area (Å²) in [6.07, 6.45) is 1.22. The molecule has 3 aromatic rings. The highest BCUT2D eigenvalue weighted by atomic mass is 19.2. The number of pyridine rings is 1. The van der Waals surface area contributed by atoms with E-state index in [0.717, 1.165) is 19.1 Å². The summed E-state index contributed by atoms with van der Waals surface area (Å²) in [5.74, 6) is -7.59. The second kappa shape index (κ2) is 7.63. The Morgan fingerprint density at radius 3 is 2.43 bits per heavy atom. The first-order chi connectivity index (χ1) is 13.3. The number of nitrogens with one attached hydrogen (secondary N) is 1. The van der Waals surface area contributed by atoms with Crippen molar-refractivity contribution >= 4 is 11.6 Å². The van der Waals surface area contributed by atoms with Crippen LogP contribution in [0.25, 0.3) is 0 Å². The van der Waals surface area contributed by atoms with E-state index < -0.39 is 46.3 Å². The van der Waals surface area contributed by atoms with Gasteiger partial charge in [-0.05, 0) is 31.2 Å². The third kappa shape index (κ3) is 3.78. The van der Waals surface area contributed by atoms with Crippen molar-refractivity contribution in [2.24, 2.45) is 0 Å². The zero-order valence-electron chi connectivity index (χ0n) is 14.2. The molecule has 1 N–H and O–H groups in total. The number of carbonyl (C=O) groups excluding carboxylic acids is 1. The molecule has 9 heteroatoms. The van der Waals surface area contributed by atoms with Crippen LogP contribution in [0.15, 0.2) is 42.6 Å². The molecule has 0 bridgehead atoms. The Bertz CT molecular complexity index is 1070. The normalized spacial score (nSPS) is 10.6. The number of carbonyl (C=O) groups is 1. The fraction of sp³-hybridized carbons (Fsp3) is 0.0526. The number of amides is 1. The van der Waals surface area contributed by atoms with Gasteiger partial charge in [-0.25, -0.2) is 26.9 Å². The Morgan fingerprint density at radius 1 is 0.964 bits per heavy atom. The van der Waals surface area contributed by atoms with Crippen molar-refractivity contribution in [3.05, 3.63) is 82.9 Å². The number of anilines is 1. The minimum atomic E-state index is -1.36. The van der Waals surface area contributed by atoms with Crippen LogP contribution >= 0.6 is 0 Å². The third-order valence-electron chi connectivity index (χ3n) is 3.73. The summed E-state index contributed by atoms with van der Waals surface area (Å²) in [6.45, 7) is 1.02. The highest BCUT2D eigenvalue weighted by Gasteiger charge is 2.21. The summed E-state index contributed by atoms with van der Waals surface area (Å²) < 4.78 is 73.0. The van der Waals surface area contributed by atoms with Crippen LogP contribution in [-0.2, 0) is 0 Å². The van der Waals surface area contributed by atoms with Crippen molar-refractivity contribution in [1.82, 2.24) is 4.98 Å². The van der Waals surface area contributed by atoms with E-state index in [1.807, 2.05) is 0 Å². The Labute approximate surface area is 155 Å². The van der Waals surface area contributed by atoms with Crippen LogP contribution in [0.1, 0.15) is 16.1 Å². The summed E-state index contributed by atoms with van der Waals surface area (Å²) in [6, 6.07) is 5.60. The summed E-state index contributed by atoms with van der Waals surface area (Å²) in [5, 5.41) is 2.18. The molecule has 0 spiro atoms. The maximum Gasteiger partial charge on any atom is 0.278 e. The average molecular weight is 394 g/mol. The number of hydrogen-bond donors (Lipinski definition) is 1. The molecule has 0 unspecified atom stereocenters. The summed E-state index contributed by atoms with van der Waals surface area (Å²) in [7, 11) is 0. The van der Waals surface area contributed by atoms with E-state index in [1.54, 1.807) is 0 Å². The molecule has 0 aliphatic heterocycles. The molecular weight excluding hydrogens is 383 g/mol. The molecule has 0 saturated heterocycles. The zero-order valence-corrected chi connectivity index (χ0v) is 14.2. The van der Waals surface area contributed by atoms with E-state index in [0.29, 0.717) is 12.1 Å². The minimum Gasteiger partial charge on any atom is -0.452 e. The first-order valence-electron chi connectivity index (χ1n) is 7.81. The molecule has 0 saturated carbocycles.